The highest BCUT2D eigenvalue weighted by Crippen LogP contribution is 2.11. The number of hydrogen-bond acceptors (Lipinski definition) is 3. The molecule has 0 radical (unpaired) electrons. The smallest absolute Gasteiger partial charge is 0.0824 e. The van der Waals surface area contributed by atoms with Gasteiger partial charge in [-0.3, -0.25) is 4.68 Å². The van der Waals surface area contributed by atoms with Gasteiger partial charge in [0.05, 0.1) is 11.4 Å². The van der Waals surface area contributed by atoms with E-state index < -0.39 is 0 Å². The molecular weight excluding hydrogens is 194 g/mol. The Morgan fingerprint density at radius 3 is 2.86 bits per heavy atom. The zero-order valence-electron chi connectivity index (χ0n) is 9.21. The average Bonchev–Trinajstić information content (AvgIpc) is 2.45. The average molecular weight is 213 g/mol. The number of nitrogens with zero attached hydrogens (tertiary/aromatic N) is 2. The summed E-state index contributed by atoms with van der Waals surface area (Å²) in [4.78, 5) is 0. The van der Waals surface area contributed by atoms with Gasteiger partial charge in [0.15, 0.2) is 0 Å². The maximum atomic E-state index is 4.28. The van der Waals surface area contributed by atoms with Gasteiger partial charge in [-0.05, 0) is 31.8 Å². The van der Waals surface area contributed by atoms with Crippen LogP contribution in [0.5, 0.6) is 0 Å². The quantitative estimate of drug-likeness (QED) is 0.735. The van der Waals surface area contributed by atoms with Gasteiger partial charge >= 0.3 is 0 Å². The Balaban J connectivity index is 2.21. The molecule has 0 aromatic carbocycles. The van der Waals surface area contributed by atoms with Crippen molar-refractivity contribution < 1.29 is 0 Å². The number of thioether (sulfide) groups is 1. The highest BCUT2D eigenvalue weighted by molar-refractivity contribution is 7.98. The van der Waals surface area contributed by atoms with E-state index in [2.05, 4.69) is 16.7 Å². The first-order chi connectivity index (χ1) is 6.74. The largest absolute Gasteiger partial charge is 0.382 e. The van der Waals surface area contributed by atoms with Gasteiger partial charge < -0.3 is 5.32 Å². The molecule has 1 heterocycles. The number of anilines is 1. The third kappa shape index (κ3) is 3.62. The first-order valence-corrected chi connectivity index (χ1v) is 6.36. The van der Waals surface area contributed by atoms with Crippen molar-refractivity contribution >= 4 is 17.4 Å². The lowest BCUT2D eigenvalue weighted by atomic mass is 10.3. The van der Waals surface area contributed by atoms with Crippen LogP contribution < -0.4 is 5.32 Å². The second-order valence-corrected chi connectivity index (χ2v) is 4.41. The molecule has 1 rings (SSSR count). The van der Waals surface area contributed by atoms with Crippen LogP contribution in [0.4, 0.5) is 5.69 Å². The van der Waals surface area contributed by atoms with Crippen LogP contribution in [0.15, 0.2) is 6.20 Å². The summed E-state index contributed by atoms with van der Waals surface area (Å²) >= 11 is 1.91. The lowest BCUT2D eigenvalue weighted by Crippen LogP contribution is -2.02. The van der Waals surface area contributed by atoms with Crippen molar-refractivity contribution in [1.29, 1.82) is 0 Å². The molecule has 0 aliphatic heterocycles. The standard InChI is InChI=1S/C10H19N3S/c1-9-10(8-13(2)12-9)11-6-4-5-7-14-3/h8,11H,4-7H2,1-3H3. The minimum atomic E-state index is 1.05. The molecular formula is C10H19N3S. The van der Waals surface area contributed by atoms with Gasteiger partial charge in [0, 0.05) is 19.8 Å². The molecule has 1 aromatic rings. The first kappa shape index (κ1) is 11.4. The molecule has 0 aliphatic carbocycles. The summed E-state index contributed by atoms with van der Waals surface area (Å²) in [6.45, 7) is 3.08. The monoisotopic (exact) mass is 213 g/mol. The number of aryl methyl sites for hydroxylation is 2. The molecule has 0 aliphatic rings. The Kier molecular flexibility index (Phi) is 4.87. The molecule has 0 fully saturated rings. The Bertz CT molecular complexity index is 270. The lowest BCUT2D eigenvalue weighted by molar-refractivity contribution is 0.756. The zero-order chi connectivity index (χ0) is 10.4. The van der Waals surface area contributed by atoms with Gasteiger partial charge in [0.1, 0.15) is 0 Å². The summed E-state index contributed by atoms with van der Waals surface area (Å²) in [5.74, 6) is 1.26. The maximum Gasteiger partial charge on any atom is 0.0824 e. The fourth-order valence-electron chi connectivity index (χ4n) is 1.37. The highest BCUT2D eigenvalue weighted by atomic mass is 32.2. The predicted octanol–water partition coefficient (Wildman–Crippen LogP) is 2.28. The highest BCUT2D eigenvalue weighted by Gasteiger charge is 2.00. The molecule has 4 heteroatoms. The molecule has 14 heavy (non-hydrogen) atoms. The molecule has 0 spiro atoms. The second kappa shape index (κ2) is 5.96. The number of nitrogens with one attached hydrogen (secondary N) is 1. The Labute approximate surface area is 90.3 Å². The molecule has 0 amide bonds. The van der Waals surface area contributed by atoms with Crippen LogP contribution in [0.1, 0.15) is 18.5 Å². The van der Waals surface area contributed by atoms with E-state index in [0.717, 1.165) is 17.9 Å². The SMILES string of the molecule is CSCCCCNc1cn(C)nc1C. The topological polar surface area (TPSA) is 29.9 Å². The first-order valence-electron chi connectivity index (χ1n) is 4.97. The van der Waals surface area contributed by atoms with Gasteiger partial charge in [-0.25, -0.2) is 0 Å². The molecule has 0 atom stereocenters. The third-order valence-corrected chi connectivity index (χ3v) is 2.80. The Morgan fingerprint density at radius 1 is 1.50 bits per heavy atom. The van der Waals surface area contributed by atoms with Crippen molar-refractivity contribution in [2.75, 3.05) is 23.9 Å². The van der Waals surface area contributed by atoms with Crippen LogP contribution in [0.3, 0.4) is 0 Å². The summed E-state index contributed by atoms with van der Waals surface area (Å²) in [6.07, 6.45) is 6.70. The molecule has 80 valence electrons. The van der Waals surface area contributed by atoms with Crippen LogP contribution in [0.25, 0.3) is 0 Å². The molecule has 0 saturated heterocycles. The summed E-state index contributed by atoms with van der Waals surface area (Å²) in [5.41, 5.74) is 2.24. The third-order valence-electron chi connectivity index (χ3n) is 2.10. The number of hydrogen-bond donors (Lipinski definition) is 1. The van der Waals surface area contributed by atoms with Crippen molar-refractivity contribution in [3.8, 4) is 0 Å². The summed E-state index contributed by atoms with van der Waals surface area (Å²) in [7, 11) is 1.95. The zero-order valence-corrected chi connectivity index (χ0v) is 10.0. The Morgan fingerprint density at radius 2 is 2.29 bits per heavy atom. The van der Waals surface area contributed by atoms with Gasteiger partial charge in [-0.15, -0.1) is 0 Å². The Hall–Kier alpha value is -0.640. The molecule has 0 unspecified atom stereocenters. The van der Waals surface area contributed by atoms with E-state index in [1.807, 2.05) is 36.6 Å². The van der Waals surface area contributed by atoms with Crippen LogP contribution in [-0.4, -0.2) is 28.3 Å². The van der Waals surface area contributed by atoms with Gasteiger partial charge in [0.2, 0.25) is 0 Å². The van der Waals surface area contributed by atoms with Gasteiger partial charge in [0.25, 0.3) is 0 Å². The number of unbranched alkanes of at least 4 members (excludes halogenated alkanes) is 1. The predicted molar refractivity (Wildman–Crippen MR) is 64.1 cm³/mol. The second-order valence-electron chi connectivity index (χ2n) is 3.43. The van der Waals surface area contributed by atoms with Crippen LogP contribution in [-0.2, 0) is 7.05 Å². The molecule has 0 saturated carbocycles. The van der Waals surface area contributed by atoms with E-state index in [1.165, 1.54) is 18.6 Å². The van der Waals surface area contributed by atoms with E-state index in [-0.39, 0.29) is 0 Å². The van der Waals surface area contributed by atoms with Crippen molar-refractivity contribution in [1.82, 2.24) is 9.78 Å². The van der Waals surface area contributed by atoms with Crippen molar-refractivity contribution in [2.45, 2.75) is 19.8 Å². The molecule has 3 nitrogen and oxygen atoms in total. The van der Waals surface area contributed by atoms with Gasteiger partial charge in [-0.1, -0.05) is 0 Å². The van der Waals surface area contributed by atoms with Crippen molar-refractivity contribution in [3.05, 3.63) is 11.9 Å². The lowest BCUT2D eigenvalue weighted by Gasteiger charge is -2.03. The van der Waals surface area contributed by atoms with Crippen LogP contribution >= 0.6 is 11.8 Å². The molecule has 1 aromatic heterocycles. The van der Waals surface area contributed by atoms with Gasteiger partial charge in [-0.2, -0.15) is 16.9 Å². The molecule has 1 N–H and O–H groups in total. The van der Waals surface area contributed by atoms with E-state index >= 15 is 0 Å². The minimum absolute atomic E-state index is 1.05. The van der Waals surface area contributed by atoms with Crippen molar-refractivity contribution in [2.24, 2.45) is 7.05 Å². The van der Waals surface area contributed by atoms with E-state index in [0.29, 0.717) is 0 Å². The number of aromatic nitrogens is 2. The van der Waals surface area contributed by atoms with E-state index in [4.69, 9.17) is 0 Å². The summed E-state index contributed by atoms with van der Waals surface area (Å²) in [5, 5.41) is 7.68. The normalized spacial score (nSPS) is 10.5. The van der Waals surface area contributed by atoms with E-state index in [1.54, 1.807) is 0 Å². The van der Waals surface area contributed by atoms with Crippen LogP contribution in [0.2, 0.25) is 0 Å². The van der Waals surface area contributed by atoms with Crippen LogP contribution in [0, 0.1) is 6.92 Å². The summed E-state index contributed by atoms with van der Waals surface area (Å²) in [6, 6.07) is 0. The maximum absolute atomic E-state index is 4.28. The fraction of sp³-hybridized carbons (Fsp3) is 0.700. The number of rotatable bonds is 6. The van der Waals surface area contributed by atoms with E-state index in [9.17, 15) is 0 Å². The van der Waals surface area contributed by atoms with Crippen molar-refractivity contribution in [3.63, 3.8) is 0 Å². The minimum Gasteiger partial charge on any atom is -0.382 e. The molecule has 0 bridgehead atoms. The fourth-order valence-corrected chi connectivity index (χ4v) is 1.86. The summed E-state index contributed by atoms with van der Waals surface area (Å²) < 4.78 is 1.85.